The van der Waals surface area contributed by atoms with Crippen molar-refractivity contribution in [1.29, 1.82) is 0 Å². The first-order valence-corrected chi connectivity index (χ1v) is 31.9. The van der Waals surface area contributed by atoms with E-state index in [1.165, 1.54) is 85.3 Å². The Kier molecular flexibility index (Phi) is 11.4. The number of para-hydroxylation sites is 8. The van der Waals surface area contributed by atoms with Crippen LogP contribution in [-0.2, 0) is 0 Å². The van der Waals surface area contributed by atoms with Gasteiger partial charge in [-0.15, -0.1) is 11.3 Å². The summed E-state index contributed by atoms with van der Waals surface area (Å²) in [6.45, 7) is 0. The summed E-state index contributed by atoms with van der Waals surface area (Å²) in [5.74, 6) is 0. The molecule has 0 radical (unpaired) electrons. The molecule has 19 rings (SSSR count). The first-order chi connectivity index (χ1) is 45.2. The van der Waals surface area contributed by atoms with Crippen molar-refractivity contribution in [3.05, 3.63) is 328 Å². The molecule has 91 heavy (non-hydrogen) atoms. The Morgan fingerprint density at radius 1 is 0.187 bits per heavy atom. The average Bonchev–Trinajstić information content (AvgIpc) is 1.58. The summed E-state index contributed by atoms with van der Waals surface area (Å²) >= 11 is 1.93. The third-order valence-corrected chi connectivity index (χ3v) is 19.9. The van der Waals surface area contributed by atoms with Crippen LogP contribution in [0.3, 0.4) is 0 Å². The van der Waals surface area contributed by atoms with Crippen LogP contribution >= 0.6 is 11.3 Å². The van der Waals surface area contributed by atoms with E-state index >= 15 is 0 Å². The van der Waals surface area contributed by atoms with E-state index in [1.54, 1.807) is 0 Å². The molecule has 0 fully saturated rings. The van der Waals surface area contributed by atoms with Gasteiger partial charge in [0.2, 0.25) is 0 Å². The average molecular weight is 1180 g/mol. The second-order valence-electron chi connectivity index (χ2n) is 23.6. The van der Waals surface area contributed by atoms with Crippen molar-refractivity contribution in [3.63, 3.8) is 0 Å². The molecule has 5 heterocycles. The minimum absolute atomic E-state index is 1.09. The molecule has 14 aromatic carbocycles. The van der Waals surface area contributed by atoms with Gasteiger partial charge in [0.05, 0.1) is 44.1 Å². The minimum Gasteiger partial charge on any atom is -0.310 e. The normalized spacial score (nSPS) is 12.0. The number of thiophene rings is 1. The van der Waals surface area contributed by atoms with Gasteiger partial charge in [-0.3, -0.25) is 0 Å². The van der Waals surface area contributed by atoms with E-state index in [9.17, 15) is 0 Å². The number of benzene rings is 14. The van der Waals surface area contributed by atoms with E-state index in [2.05, 4.69) is 356 Å². The fourth-order valence-electron chi connectivity index (χ4n) is 14.8. The van der Waals surface area contributed by atoms with Gasteiger partial charge in [0.1, 0.15) is 0 Å². The van der Waals surface area contributed by atoms with Crippen LogP contribution in [0.5, 0.6) is 0 Å². The van der Waals surface area contributed by atoms with Crippen LogP contribution in [0, 0.1) is 0 Å². The molecule has 426 valence electrons. The standard InChI is InChI=1S/C84H54N6S/c1-7-23-55(24-8-1)85(56-25-9-2-10-26-56)61-39-47-77-71(53-61)81-79(89(77)63-41-45-75-69(51-63)65-35-19-21-37-73(65)87(75)59-31-15-5-16-32-59)49-43-67-68-44-50-80-82(84(68)91-83(67)81)72-54-62(86(57-27-11-3-12-28-57)58-29-13-4-14-30-58)40-48-78(72)90(80)64-42-46-76-70(52-64)66-36-20-22-38-74(66)88(76)60-33-17-6-18-34-60/h1-54H. The highest BCUT2D eigenvalue weighted by molar-refractivity contribution is 7.27. The molecule has 0 amide bonds. The molecular formula is C84H54N6S. The van der Waals surface area contributed by atoms with Crippen LogP contribution in [-0.4, -0.2) is 18.3 Å². The number of aromatic nitrogens is 4. The second-order valence-corrected chi connectivity index (χ2v) is 24.7. The van der Waals surface area contributed by atoms with Crippen molar-refractivity contribution < 1.29 is 0 Å². The molecular weight excluding hydrogens is 1130 g/mol. The van der Waals surface area contributed by atoms with E-state index in [0.29, 0.717) is 0 Å². The van der Waals surface area contributed by atoms with Gasteiger partial charge in [0, 0.05) is 120 Å². The predicted octanol–water partition coefficient (Wildman–Crippen LogP) is 23.4. The lowest BCUT2D eigenvalue weighted by atomic mass is 10.0. The molecule has 0 bridgehead atoms. The summed E-state index contributed by atoms with van der Waals surface area (Å²) in [6, 6.07) is 120. The van der Waals surface area contributed by atoms with Crippen LogP contribution in [0.15, 0.2) is 328 Å². The number of hydrogen-bond acceptors (Lipinski definition) is 3. The Morgan fingerprint density at radius 2 is 0.484 bits per heavy atom. The smallest absolute Gasteiger partial charge is 0.0555 e. The van der Waals surface area contributed by atoms with Gasteiger partial charge in [-0.05, 0) is 170 Å². The van der Waals surface area contributed by atoms with Crippen molar-refractivity contribution in [2.24, 2.45) is 0 Å². The lowest BCUT2D eigenvalue weighted by molar-refractivity contribution is 1.16. The van der Waals surface area contributed by atoms with E-state index in [0.717, 1.165) is 78.9 Å². The van der Waals surface area contributed by atoms with Crippen LogP contribution < -0.4 is 9.80 Å². The summed E-state index contributed by atoms with van der Waals surface area (Å²) in [5.41, 5.74) is 20.4. The number of hydrogen-bond donors (Lipinski definition) is 0. The number of rotatable bonds is 10. The zero-order chi connectivity index (χ0) is 59.7. The Labute approximate surface area is 528 Å². The lowest BCUT2D eigenvalue weighted by Crippen LogP contribution is -2.09. The number of anilines is 6. The summed E-state index contributed by atoms with van der Waals surface area (Å²) in [4.78, 5) is 4.78. The van der Waals surface area contributed by atoms with Crippen molar-refractivity contribution in [2.45, 2.75) is 0 Å². The Balaban J connectivity index is 0.903. The Bertz CT molecular complexity index is 5610. The van der Waals surface area contributed by atoms with Crippen LogP contribution in [0.4, 0.5) is 34.1 Å². The van der Waals surface area contributed by atoms with Crippen molar-refractivity contribution in [3.8, 4) is 22.7 Å². The second kappa shape index (κ2) is 20.3. The zero-order valence-electron chi connectivity index (χ0n) is 49.3. The highest BCUT2D eigenvalue weighted by atomic mass is 32.1. The molecule has 0 N–H and O–H groups in total. The molecule has 5 aromatic heterocycles. The molecule has 0 aliphatic heterocycles. The SMILES string of the molecule is c1ccc(N(c2ccccc2)c2ccc3c(c2)c2c4sc5c(ccc6c5c5cc(N(c7ccccc7)c7ccccc7)ccc5n6-c5ccc6c(c5)c5ccccc5n6-c5ccccc5)c4ccc2n3-c2ccc3c(c2)c2ccccc2n3-c2ccccc2)cc1. The van der Waals surface area contributed by atoms with Gasteiger partial charge in [0.25, 0.3) is 0 Å². The first kappa shape index (κ1) is 51.2. The molecule has 0 unspecified atom stereocenters. The first-order valence-electron chi connectivity index (χ1n) is 31.1. The van der Waals surface area contributed by atoms with Gasteiger partial charge < -0.3 is 28.1 Å². The lowest BCUT2D eigenvalue weighted by Gasteiger charge is -2.25. The van der Waals surface area contributed by atoms with E-state index in [-0.39, 0.29) is 0 Å². The van der Waals surface area contributed by atoms with Crippen LogP contribution in [0.25, 0.3) is 130 Å². The van der Waals surface area contributed by atoms with E-state index in [4.69, 9.17) is 0 Å². The predicted molar refractivity (Wildman–Crippen MR) is 386 cm³/mol. The summed E-state index contributed by atoms with van der Waals surface area (Å²) in [5, 5.41) is 12.2. The summed E-state index contributed by atoms with van der Waals surface area (Å²) < 4.78 is 12.4. The van der Waals surface area contributed by atoms with Crippen LogP contribution in [0.2, 0.25) is 0 Å². The monoisotopic (exact) mass is 1180 g/mol. The van der Waals surface area contributed by atoms with Gasteiger partial charge >= 0.3 is 0 Å². The third kappa shape index (κ3) is 7.85. The minimum atomic E-state index is 1.09. The molecule has 0 aliphatic carbocycles. The summed E-state index contributed by atoms with van der Waals surface area (Å²) in [7, 11) is 0. The maximum Gasteiger partial charge on any atom is 0.0555 e. The zero-order valence-corrected chi connectivity index (χ0v) is 50.1. The van der Waals surface area contributed by atoms with E-state index < -0.39 is 0 Å². The third-order valence-electron chi connectivity index (χ3n) is 18.7. The van der Waals surface area contributed by atoms with Gasteiger partial charge in [0.15, 0.2) is 0 Å². The van der Waals surface area contributed by atoms with Crippen molar-refractivity contribution in [1.82, 2.24) is 18.3 Å². The maximum absolute atomic E-state index is 2.52. The highest BCUT2D eigenvalue weighted by Crippen LogP contribution is 2.51. The molecule has 19 aromatic rings. The molecule has 7 heteroatoms. The quantitative estimate of drug-likeness (QED) is 0.136. The van der Waals surface area contributed by atoms with Crippen molar-refractivity contribution >= 4 is 153 Å². The topological polar surface area (TPSA) is 26.2 Å². The molecule has 0 saturated carbocycles. The summed E-state index contributed by atoms with van der Waals surface area (Å²) in [6.07, 6.45) is 0. The fraction of sp³-hybridized carbons (Fsp3) is 0. The van der Waals surface area contributed by atoms with Crippen molar-refractivity contribution in [2.75, 3.05) is 9.80 Å². The number of fused-ring (bicyclic) bond motifs is 17. The Hall–Kier alpha value is -11.9. The molecule has 0 saturated heterocycles. The van der Waals surface area contributed by atoms with Gasteiger partial charge in [-0.1, -0.05) is 158 Å². The molecule has 0 spiro atoms. The molecule has 0 aliphatic rings. The maximum atomic E-state index is 2.52. The van der Waals surface area contributed by atoms with E-state index in [1.807, 2.05) is 11.3 Å². The largest absolute Gasteiger partial charge is 0.310 e. The fourth-order valence-corrected chi connectivity index (χ4v) is 16.2. The molecule has 0 atom stereocenters. The molecule has 6 nitrogen and oxygen atoms in total. The number of nitrogens with zero attached hydrogens (tertiary/aromatic N) is 6. The highest BCUT2D eigenvalue weighted by Gasteiger charge is 2.26. The Morgan fingerprint density at radius 3 is 0.868 bits per heavy atom. The van der Waals surface area contributed by atoms with Crippen LogP contribution in [0.1, 0.15) is 0 Å². The van der Waals surface area contributed by atoms with Gasteiger partial charge in [-0.2, -0.15) is 0 Å². The van der Waals surface area contributed by atoms with Gasteiger partial charge in [-0.25, -0.2) is 0 Å².